The Morgan fingerprint density at radius 3 is 2.20 bits per heavy atom. The Balaban J connectivity index is 0.00000361. The zero-order chi connectivity index (χ0) is 14.7. The fourth-order valence-electron chi connectivity index (χ4n) is 2.06. The maximum atomic E-state index is 12.3. The quantitative estimate of drug-likeness (QED) is 0.791. The molecule has 0 aliphatic carbocycles. The molecule has 0 saturated carbocycles. The molecule has 1 atom stereocenters. The predicted molar refractivity (Wildman–Crippen MR) is 88.6 cm³/mol. The molecule has 7 heteroatoms. The molecule has 4 nitrogen and oxygen atoms in total. The monoisotopic (exact) mass is 384 g/mol. The van der Waals surface area contributed by atoms with Crippen molar-refractivity contribution in [1.29, 1.82) is 0 Å². The highest BCUT2D eigenvalue weighted by molar-refractivity contribution is 9.10. The zero-order valence-corrected chi connectivity index (χ0v) is 15.1. The Hall–Kier alpha value is -0.140. The lowest BCUT2D eigenvalue weighted by Gasteiger charge is -2.30. The number of benzene rings is 1. The summed E-state index contributed by atoms with van der Waals surface area (Å²) < 4.78 is 28.2. The van der Waals surface area contributed by atoms with Gasteiger partial charge in [0.25, 0.3) is 0 Å². The summed E-state index contributed by atoms with van der Waals surface area (Å²) in [5, 5.41) is 0. The molecule has 0 fully saturated rings. The van der Waals surface area contributed by atoms with E-state index in [1.807, 2.05) is 20.8 Å². The van der Waals surface area contributed by atoms with E-state index in [1.165, 1.54) is 0 Å². The average molecular weight is 386 g/mol. The van der Waals surface area contributed by atoms with Crippen LogP contribution in [0.3, 0.4) is 0 Å². The highest BCUT2D eigenvalue weighted by atomic mass is 79.9. The standard InChI is InChI=1S/C13H21BrN2O2S.ClH/c1-10(2)8-13(3,9-15)16-19(17,18)12-6-4-11(14)5-7-12;/h4-7,10,16H,8-9,15H2,1-3H3;1H. The molecular formula is C13H22BrClN2O2S. The van der Waals surface area contributed by atoms with E-state index in [4.69, 9.17) is 5.73 Å². The van der Waals surface area contributed by atoms with E-state index in [2.05, 4.69) is 20.7 Å². The SMILES string of the molecule is CC(C)CC(C)(CN)NS(=O)(=O)c1ccc(Br)cc1.Cl. The molecule has 0 heterocycles. The molecule has 0 amide bonds. The van der Waals surface area contributed by atoms with E-state index >= 15 is 0 Å². The van der Waals surface area contributed by atoms with Crippen LogP contribution in [-0.2, 0) is 10.0 Å². The van der Waals surface area contributed by atoms with Gasteiger partial charge in [-0.1, -0.05) is 29.8 Å². The maximum absolute atomic E-state index is 12.3. The number of rotatable bonds is 6. The number of nitrogens with two attached hydrogens (primary N) is 1. The van der Waals surface area contributed by atoms with Gasteiger partial charge >= 0.3 is 0 Å². The Labute approximate surface area is 136 Å². The molecule has 1 unspecified atom stereocenters. The fraction of sp³-hybridized carbons (Fsp3) is 0.538. The molecular weight excluding hydrogens is 364 g/mol. The molecule has 0 aliphatic heterocycles. The van der Waals surface area contributed by atoms with Crippen molar-refractivity contribution in [3.63, 3.8) is 0 Å². The van der Waals surface area contributed by atoms with Crippen LogP contribution in [0.5, 0.6) is 0 Å². The Morgan fingerprint density at radius 2 is 1.80 bits per heavy atom. The summed E-state index contributed by atoms with van der Waals surface area (Å²) in [5.41, 5.74) is 5.11. The van der Waals surface area contributed by atoms with Gasteiger partial charge in [0.2, 0.25) is 10.0 Å². The topological polar surface area (TPSA) is 72.2 Å². The summed E-state index contributed by atoms with van der Waals surface area (Å²) >= 11 is 3.28. The first-order valence-corrected chi connectivity index (χ1v) is 8.46. The predicted octanol–water partition coefficient (Wildman–Crippen LogP) is 2.91. The highest BCUT2D eigenvalue weighted by Crippen LogP contribution is 2.20. The van der Waals surface area contributed by atoms with Gasteiger partial charge in [-0.05, 0) is 43.5 Å². The van der Waals surface area contributed by atoms with E-state index in [0.29, 0.717) is 12.3 Å². The molecule has 1 aromatic carbocycles. The van der Waals surface area contributed by atoms with Crippen LogP contribution in [0.2, 0.25) is 0 Å². The van der Waals surface area contributed by atoms with Gasteiger partial charge in [-0.2, -0.15) is 0 Å². The van der Waals surface area contributed by atoms with Crippen molar-refractivity contribution in [3.05, 3.63) is 28.7 Å². The van der Waals surface area contributed by atoms with Crippen LogP contribution in [0.4, 0.5) is 0 Å². The first kappa shape index (κ1) is 19.9. The van der Waals surface area contributed by atoms with Gasteiger partial charge in [0.15, 0.2) is 0 Å². The number of hydrogen-bond donors (Lipinski definition) is 2. The molecule has 3 N–H and O–H groups in total. The van der Waals surface area contributed by atoms with Crippen LogP contribution in [0.15, 0.2) is 33.6 Å². The number of hydrogen-bond acceptors (Lipinski definition) is 3. The Kier molecular flexibility index (Phi) is 7.70. The summed E-state index contributed by atoms with van der Waals surface area (Å²) in [6, 6.07) is 6.55. The van der Waals surface area contributed by atoms with E-state index < -0.39 is 15.6 Å². The van der Waals surface area contributed by atoms with Gasteiger partial charge in [0, 0.05) is 16.6 Å². The molecule has 116 valence electrons. The average Bonchev–Trinajstić information content (AvgIpc) is 2.27. The van der Waals surface area contributed by atoms with Gasteiger partial charge in [-0.25, -0.2) is 13.1 Å². The molecule has 0 radical (unpaired) electrons. The fourth-order valence-corrected chi connectivity index (χ4v) is 3.76. The van der Waals surface area contributed by atoms with Gasteiger partial charge in [0.05, 0.1) is 4.90 Å². The van der Waals surface area contributed by atoms with E-state index in [9.17, 15) is 8.42 Å². The highest BCUT2D eigenvalue weighted by Gasteiger charge is 2.30. The first-order chi connectivity index (χ1) is 8.68. The van der Waals surface area contributed by atoms with E-state index in [0.717, 1.165) is 4.47 Å². The van der Waals surface area contributed by atoms with Crippen molar-refractivity contribution in [1.82, 2.24) is 4.72 Å². The van der Waals surface area contributed by atoms with E-state index in [1.54, 1.807) is 24.3 Å². The summed E-state index contributed by atoms with van der Waals surface area (Å²) in [6.07, 6.45) is 0.694. The minimum absolute atomic E-state index is 0. The second-order valence-corrected chi connectivity index (χ2v) is 8.02. The van der Waals surface area contributed by atoms with Gasteiger partial charge < -0.3 is 5.73 Å². The lowest BCUT2D eigenvalue weighted by Crippen LogP contribution is -2.51. The third-order valence-electron chi connectivity index (χ3n) is 2.81. The first-order valence-electron chi connectivity index (χ1n) is 6.18. The van der Waals surface area contributed by atoms with Gasteiger partial charge in [-0.15, -0.1) is 12.4 Å². The third kappa shape index (κ3) is 5.69. The van der Waals surface area contributed by atoms with Crippen LogP contribution in [0.1, 0.15) is 27.2 Å². The molecule has 20 heavy (non-hydrogen) atoms. The molecule has 1 rings (SSSR count). The number of nitrogens with one attached hydrogen (secondary N) is 1. The lowest BCUT2D eigenvalue weighted by molar-refractivity contribution is 0.344. The van der Waals surface area contributed by atoms with Crippen LogP contribution < -0.4 is 10.5 Å². The normalized spacial score (nSPS) is 14.7. The summed E-state index contributed by atoms with van der Waals surface area (Å²) in [6.45, 7) is 6.19. The van der Waals surface area contributed by atoms with Crippen molar-refractivity contribution < 1.29 is 8.42 Å². The van der Waals surface area contributed by atoms with Crippen LogP contribution in [0.25, 0.3) is 0 Å². The Morgan fingerprint density at radius 1 is 1.30 bits per heavy atom. The molecule has 1 aromatic rings. The van der Waals surface area contributed by atoms with Crippen molar-refractivity contribution >= 4 is 38.4 Å². The lowest BCUT2D eigenvalue weighted by atomic mass is 9.92. The van der Waals surface area contributed by atoms with Crippen molar-refractivity contribution in [2.75, 3.05) is 6.54 Å². The summed E-state index contributed by atoms with van der Waals surface area (Å²) in [4.78, 5) is 0.249. The number of sulfonamides is 1. The van der Waals surface area contributed by atoms with Crippen LogP contribution in [-0.4, -0.2) is 20.5 Å². The van der Waals surface area contributed by atoms with Crippen molar-refractivity contribution in [3.8, 4) is 0 Å². The van der Waals surface area contributed by atoms with Gasteiger partial charge in [-0.3, -0.25) is 0 Å². The molecule has 0 aromatic heterocycles. The molecule has 0 saturated heterocycles. The van der Waals surface area contributed by atoms with Crippen LogP contribution >= 0.6 is 28.3 Å². The second-order valence-electron chi connectivity index (χ2n) is 5.42. The second kappa shape index (κ2) is 7.75. The third-order valence-corrected chi connectivity index (χ3v) is 5.00. The summed E-state index contributed by atoms with van der Waals surface area (Å²) in [7, 11) is -3.54. The smallest absolute Gasteiger partial charge is 0.241 e. The molecule has 0 aliphatic rings. The Bertz CT molecular complexity index is 520. The number of halogens is 2. The molecule has 0 bridgehead atoms. The maximum Gasteiger partial charge on any atom is 0.241 e. The minimum Gasteiger partial charge on any atom is -0.329 e. The zero-order valence-electron chi connectivity index (χ0n) is 11.9. The largest absolute Gasteiger partial charge is 0.329 e. The minimum atomic E-state index is -3.54. The van der Waals surface area contributed by atoms with Crippen molar-refractivity contribution in [2.45, 2.75) is 37.6 Å². The van der Waals surface area contributed by atoms with Gasteiger partial charge in [0.1, 0.15) is 0 Å². The molecule has 0 spiro atoms. The van der Waals surface area contributed by atoms with Crippen molar-refractivity contribution in [2.24, 2.45) is 11.7 Å². The summed E-state index contributed by atoms with van der Waals surface area (Å²) in [5.74, 6) is 0.362. The van der Waals surface area contributed by atoms with E-state index in [-0.39, 0.29) is 23.8 Å². The van der Waals surface area contributed by atoms with Crippen LogP contribution in [0, 0.1) is 5.92 Å².